The Balaban J connectivity index is 1.75. The Labute approximate surface area is 204 Å². The molecule has 1 atom stereocenters. The van der Waals surface area contributed by atoms with Crippen LogP contribution in [0.2, 0.25) is 0 Å². The predicted molar refractivity (Wildman–Crippen MR) is 134 cm³/mol. The molecule has 1 aliphatic heterocycles. The number of ether oxygens (including phenoxy) is 1. The number of unbranched alkanes of at least 4 members (excludes halogenated alkanes) is 3. The fourth-order valence-electron chi connectivity index (χ4n) is 4.28. The molecule has 1 N–H and O–H groups in total. The fraction of sp³-hybridized carbons (Fsp3) is 0.241. The molecular formula is C29H28FNO4. The van der Waals surface area contributed by atoms with E-state index in [0.717, 1.165) is 25.7 Å². The molecule has 0 radical (unpaired) electrons. The Hall–Kier alpha value is -3.93. The van der Waals surface area contributed by atoms with Crippen molar-refractivity contribution in [3.05, 3.63) is 101 Å². The zero-order chi connectivity index (χ0) is 24.8. The molecule has 3 aromatic rings. The summed E-state index contributed by atoms with van der Waals surface area (Å²) < 4.78 is 20.1. The van der Waals surface area contributed by atoms with E-state index < -0.39 is 23.5 Å². The largest absolute Gasteiger partial charge is 0.507 e. The van der Waals surface area contributed by atoms with E-state index in [9.17, 15) is 19.1 Å². The highest BCUT2D eigenvalue weighted by molar-refractivity contribution is 6.51. The SMILES string of the molecule is CCCCCCOc1cccc(N2C(=O)C(=O)C(=C(O)c3ccccc3)[C@H]2c2cccc(F)c2)c1. The van der Waals surface area contributed by atoms with Gasteiger partial charge in [0.05, 0.1) is 18.2 Å². The Morgan fingerprint density at radius 3 is 2.46 bits per heavy atom. The number of carbonyl (C=O) groups excluding carboxylic acids is 2. The average Bonchev–Trinajstić information content (AvgIpc) is 3.14. The van der Waals surface area contributed by atoms with Crippen LogP contribution in [0.3, 0.4) is 0 Å². The van der Waals surface area contributed by atoms with E-state index in [2.05, 4.69) is 6.92 Å². The Kier molecular flexibility index (Phi) is 7.60. The van der Waals surface area contributed by atoms with Crippen LogP contribution in [0, 0.1) is 5.82 Å². The summed E-state index contributed by atoms with van der Waals surface area (Å²) in [4.78, 5) is 27.8. The molecule has 0 aromatic heterocycles. The summed E-state index contributed by atoms with van der Waals surface area (Å²) in [6.45, 7) is 2.69. The summed E-state index contributed by atoms with van der Waals surface area (Å²) in [5.74, 6) is -1.86. The summed E-state index contributed by atoms with van der Waals surface area (Å²) in [5.41, 5.74) is 1.13. The van der Waals surface area contributed by atoms with Gasteiger partial charge in [0.2, 0.25) is 0 Å². The number of anilines is 1. The zero-order valence-corrected chi connectivity index (χ0v) is 19.6. The molecule has 1 saturated heterocycles. The molecule has 0 spiro atoms. The highest BCUT2D eigenvalue weighted by atomic mass is 19.1. The monoisotopic (exact) mass is 473 g/mol. The second kappa shape index (κ2) is 11.0. The minimum Gasteiger partial charge on any atom is -0.507 e. The third-order valence-electron chi connectivity index (χ3n) is 6.02. The Morgan fingerprint density at radius 2 is 1.71 bits per heavy atom. The number of aliphatic hydroxyl groups is 1. The summed E-state index contributed by atoms with van der Waals surface area (Å²) in [6, 6.07) is 20.2. The van der Waals surface area contributed by atoms with Gasteiger partial charge in [0.1, 0.15) is 17.3 Å². The molecule has 1 heterocycles. The number of benzene rings is 3. The van der Waals surface area contributed by atoms with E-state index in [4.69, 9.17) is 4.74 Å². The van der Waals surface area contributed by atoms with Crippen LogP contribution < -0.4 is 9.64 Å². The molecule has 1 fully saturated rings. The molecule has 35 heavy (non-hydrogen) atoms. The smallest absolute Gasteiger partial charge is 0.300 e. The number of ketones is 1. The molecule has 4 rings (SSSR count). The maximum atomic E-state index is 14.2. The second-order valence-corrected chi connectivity index (χ2v) is 8.50. The molecule has 5 nitrogen and oxygen atoms in total. The van der Waals surface area contributed by atoms with Gasteiger partial charge >= 0.3 is 0 Å². The van der Waals surface area contributed by atoms with Crippen LogP contribution in [-0.4, -0.2) is 23.4 Å². The van der Waals surface area contributed by atoms with E-state index in [-0.39, 0.29) is 11.3 Å². The summed E-state index contributed by atoms with van der Waals surface area (Å²) in [7, 11) is 0. The van der Waals surface area contributed by atoms with Crippen molar-refractivity contribution < 1.29 is 23.8 Å². The minimum atomic E-state index is -0.995. The highest BCUT2D eigenvalue weighted by Crippen LogP contribution is 2.42. The van der Waals surface area contributed by atoms with Crippen molar-refractivity contribution in [1.29, 1.82) is 0 Å². The van der Waals surface area contributed by atoms with Crippen LogP contribution in [0.5, 0.6) is 5.75 Å². The Bertz CT molecular complexity index is 1240. The standard InChI is InChI=1S/C29H28FNO4/c1-2-3-4-8-17-35-24-16-10-15-23(19-24)31-26(21-13-9-14-22(30)18-21)25(28(33)29(31)34)27(32)20-11-6-5-7-12-20/h5-7,9-16,18-19,26,32H,2-4,8,17H2,1H3/t26-/m1/s1. The summed E-state index contributed by atoms with van der Waals surface area (Å²) >= 11 is 0. The average molecular weight is 474 g/mol. The number of amides is 1. The second-order valence-electron chi connectivity index (χ2n) is 8.50. The van der Waals surface area contributed by atoms with E-state index in [1.807, 2.05) is 0 Å². The van der Waals surface area contributed by atoms with Crippen LogP contribution in [-0.2, 0) is 9.59 Å². The molecule has 1 amide bonds. The molecule has 0 bridgehead atoms. The number of nitrogens with zero attached hydrogens (tertiary/aromatic N) is 1. The molecule has 0 aliphatic carbocycles. The lowest BCUT2D eigenvalue weighted by Crippen LogP contribution is -2.29. The van der Waals surface area contributed by atoms with Crippen LogP contribution >= 0.6 is 0 Å². The molecule has 0 saturated carbocycles. The van der Waals surface area contributed by atoms with Crippen molar-refractivity contribution in [3.63, 3.8) is 0 Å². The molecule has 0 unspecified atom stereocenters. The zero-order valence-electron chi connectivity index (χ0n) is 19.6. The third-order valence-corrected chi connectivity index (χ3v) is 6.02. The quantitative estimate of drug-likeness (QED) is 0.169. The topological polar surface area (TPSA) is 66.8 Å². The number of halogens is 1. The molecule has 180 valence electrons. The first-order chi connectivity index (χ1) is 17.0. The third kappa shape index (κ3) is 5.27. The van der Waals surface area contributed by atoms with E-state index in [1.54, 1.807) is 60.7 Å². The van der Waals surface area contributed by atoms with Gasteiger partial charge < -0.3 is 9.84 Å². The van der Waals surface area contributed by atoms with Crippen molar-refractivity contribution >= 4 is 23.1 Å². The number of carbonyl (C=O) groups is 2. The van der Waals surface area contributed by atoms with Crippen LogP contribution in [0.15, 0.2) is 84.4 Å². The number of hydrogen-bond donors (Lipinski definition) is 1. The van der Waals surface area contributed by atoms with Crippen molar-refractivity contribution in [2.24, 2.45) is 0 Å². The first-order valence-corrected chi connectivity index (χ1v) is 11.9. The van der Waals surface area contributed by atoms with Crippen molar-refractivity contribution in [2.75, 3.05) is 11.5 Å². The van der Waals surface area contributed by atoms with Gasteiger partial charge in [0, 0.05) is 17.3 Å². The van der Waals surface area contributed by atoms with Gasteiger partial charge in [0.25, 0.3) is 11.7 Å². The minimum absolute atomic E-state index is 0.0855. The van der Waals surface area contributed by atoms with Crippen molar-refractivity contribution in [1.82, 2.24) is 0 Å². The van der Waals surface area contributed by atoms with Gasteiger partial charge in [-0.1, -0.05) is 74.7 Å². The number of Topliss-reactive ketones (excluding diaryl/α,β-unsaturated/α-hetero) is 1. The highest BCUT2D eigenvalue weighted by Gasteiger charge is 2.47. The van der Waals surface area contributed by atoms with Gasteiger partial charge in [-0.3, -0.25) is 14.5 Å². The lowest BCUT2D eigenvalue weighted by Gasteiger charge is -2.26. The van der Waals surface area contributed by atoms with Crippen LogP contribution in [0.1, 0.15) is 49.8 Å². The van der Waals surface area contributed by atoms with E-state index in [1.165, 1.54) is 23.1 Å². The number of aliphatic hydroxyl groups excluding tert-OH is 1. The van der Waals surface area contributed by atoms with Gasteiger partial charge in [-0.15, -0.1) is 0 Å². The summed E-state index contributed by atoms with van der Waals surface area (Å²) in [5, 5.41) is 11.1. The van der Waals surface area contributed by atoms with Crippen LogP contribution in [0.25, 0.3) is 5.76 Å². The molecule has 6 heteroatoms. The Morgan fingerprint density at radius 1 is 0.943 bits per heavy atom. The van der Waals surface area contributed by atoms with Crippen LogP contribution in [0.4, 0.5) is 10.1 Å². The lowest BCUT2D eigenvalue weighted by atomic mass is 9.95. The normalized spacial score (nSPS) is 17.1. The molecule has 1 aliphatic rings. The van der Waals surface area contributed by atoms with Gasteiger partial charge in [0.15, 0.2) is 0 Å². The van der Waals surface area contributed by atoms with Crippen molar-refractivity contribution in [3.8, 4) is 5.75 Å². The van der Waals surface area contributed by atoms with Gasteiger partial charge in [-0.25, -0.2) is 4.39 Å². The van der Waals surface area contributed by atoms with E-state index >= 15 is 0 Å². The maximum absolute atomic E-state index is 14.2. The molecular weight excluding hydrogens is 445 g/mol. The number of hydrogen-bond acceptors (Lipinski definition) is 4. The fourth-order valence-corrected chi connectivity index (χ4v) is 4.28. The first kappa shape index (κ1) is 24.2. The van der Waals surface area contributed by atoms with Crippen molar-refractivity contribution in [2.45, 2.75) is 38.6 Å². The first-order valence-electron chi connectivity index (χ1n) is 11.9. The van der Waals surface area contributed by atoms with Gasteiger partial charge in [-0.05, 0) is 36.2 Å². The number of rotatable bonds is 9. The maximum Gasteiger partial charge on any atom is 0.300 e. The predicted octanol–water partition coefficient (Wildman–Crippen LogP) is 6.41. The summed E-state index contributed by atoms with van der Waals surface area (Å²) in [6.07, 6.45) is 4.27. The van der Waals surface area contributed by atoms with Gasteiger partial charge in [-0.2, -0.15) is 0 Å². The molecule has 3 aromatic carbocycles. The lowest BCUT2D eigenvalue weighted by molar-refractivity contribution is -0.132. The van der Waals surface area contributed by atoms with E-state index in [0.29, 0.717) is 29.2 Å².